The van der Waals surface area contributed by atoms with Gasteiger partial charge in [0.05, 0.1) is 6.20 Å². The first kappa shape index (κ1) is 12.0. The van der Waals surface area contributed by atoms with Crippen LogP contribution < -0.4 is 11.1 Å². The zero-order valence-electron chi connectivity index (χ0n) is 9.78. The first-order chi connectivity index (χ1) is 8.74. The molecule has 0 saturated heterocycles. The van der Waals surface area contributed by atoms with E-state index < -0.39 is 0 Å². The fourth-order valence-electron chi connectivity index (χ4n) is 1.47. The number of nitrogens with two attached hydrogens (primary N) is 1. The molecule has 0 aliphatic heterocycles. The molecule has 2 rings (SSSR count). The van der Waals surface area contributed by atoms with Crippen molar-refractivity contribution in [2.45, 2.75) is 13.0 Å². The summed E-state index contributed by atoms with van der Waals surface area (Å²) in [7, 11) is 0. The van der Waals surface area contributed by atoms with E-state index in [-0.39, 0.29) is 12.5 Å². The van der Waals surface area contributed by atoms with Gasteiger partial charge in [0.1, 0.15) is 6.54 Å². The van der Waals surface area contributed by atoms with E-state index in [9.17, 15) is 4.79 Å². The third-order valence-corrected chi connectivity index (χ3v) is 2.29. The fourth-order valence-corrected chi connectivity index (χ4v) is 1.47. The van der Waals surface area contributed by atoms with Crippen LogP contribution in [0.15, 0.2) is 30.6 Å². The standard InChI is InChI=1S/C11H14N6O/c12-10-7-17(16-15-10)8-11(18)14-6-4-9-3-1-2-5-13-9/h1-3,5,7H,4,6,8,12H2,(H,14,18). The number of nitrogen functional groups attached to an aromatic ring is 1. The van der Waals surface area contributed by atoms with E-state index in [1.165, 1.54) is 10.9 Å². The van der Waals surface area contributed by atoms with E-state index >= 15 is 0 Å². The number of amides is 1. The van der Waals surface area contributed by atoms with E-state index in [0.29, 0.717) is 18.8 Å². The third-order valence-electron chi connectivity index (χ3n) is 2.29. The van der Waals surface area contributed by atoms with Crippen LogP contribution in [-0.2, 0) is 17.8 Å². The van der Waals surface area contributed by atoms with Gasteiger partial charge in [-0.25, -0.2) is 4.68 Å². The fraction of sp³-hybridized carbons (Fsp3) is 0.273. The smallest absolute Gasteiger partial charge is 0.241 e. The topological polar surface area (TPSA) is 98.7 Å². The maximum absolute atomic E-state index is 11.6. The molecule has 7 nitrogen and oxygen atoms in total. The molecule has 1 amide bonds. The summed E-state index contributed by atoms with van der Waals surface area (Å²) in [4.78, 5) is 15.7. The molecule has 0 aliphatic carbocycles. The molecular formula is C11H14N6O. The van der Waals surface area contributed by atoms with Crippen molar-refractivity contribution in [1.82, 2.24) is 25.3 Å². The van der Waals surface area contributed by atoms with Gasteiger partial charge >= 0.3 is 0 Å². The molecule has 18 heavy (non-hydrogen) atoms. The van der Waals surface area contributed by atoms with Crippen LogP contribution in [0, 0.1) is 0 Å². The highest BCUT2D eigenvalue weighted by molar-refractivity contribution is 5.75. The molecule has 0 fully saturated rings. The summed E-state index contributed by atoms with van der Waals surface area (Å²) in [6.45, 7) is 0.659. The highest BCUT2D eigenvalue weighted by Crippen LogP contribution is 1.94. The lowest BCUT2D eigenvalue weighted by Gasteiger charge is -2.04. The molecule has 0 aromatic carbocycles. The second kappa shape index (κ2) is 5.76. The number of hydrogen-bond acceptors (Lipinski definition) is 5. The van der Waals surface area contributed by atoms with Crippen LogP contribution in [0.3, 0.4) is 0 Å². The monoisotopic (exact) mass is 246 g/mol. The van der Waals surface area contributed by atoms with Gasteiger partial charge in [-0.3, -0.25) is 9.78 Å². The Morgan fingerprint density at radius 2 is 2.33 bits per heavy atom. The minimum absolute atomic E-state index is 0.117. The van der Waals surface area contributed by atoms with Crippen LogP contribution >= 0.6 is 0 Å². The van der Waals surface area contributed by atoms with Crippen molar-refractivity contribution in [1.29, 1.82) is 0 Å². The van der Waals surface area contributed by atoms with Crippen LogP contribution in [0.25, 0.3) is 0 Å². The molecule has 0 aliphatic rings. The van der Waals surface area contributed by atoms with Crippen molar-refractivity contribution >= 4 is 11.7 Å². The van der Waals surface area contributed by atoms with Crippen LogP contribution in [0.2, 0.25) is 0 Å². The number of rotatable bonds is 5. The molecule has 0 bridgehead atoms. The Morgan fingerprint density at radius 3 is 3.00 bits per heavy atom. The SMILES string of the molecule is Nc1cn(CC(=O)NCCc2ccccn2)nn1. The number of hydrogen-bond donors (Lipinski definition) is 2. The second-order valence-corrected chi connectivity index (χ2v) is 3.76. The summed E-state index contributed by atoms with van der Waals surface area (Å²) in [6.07, 6.45) is 3.94. The molecule has 2 aromatic heterocycles. The van der Waals surface area contributed by atoms with Crippen LogP contribution in [0.1, 0.15) is 5.69 Å². The van der Waals surface area contributed by atoms with Crippen molar-refractivity contribution in [3.63, 3.8) is 0 Å². The number of carbonyl (C=O) groups excluding carboxylic acids is 1. The maximum atomic E-state index is 11.6. The molecule has 2 heterocycles. The Balaban J connectivity index is 1.72. The van der Waals surface area contributed by atoms with Crippen LogP contribution in [0.4, 0.5) is 5.82 Å². The predicted octanol–water partition coefficient (Wildman–Crippen LogP) is -0.386. The highest BCUT2D eigenvalue weighted by atomic mass is 16.2. The first-order valence-electron chi connectivity index (χ1n) is 5.56. The van der Waals surface area contributed by atoms with Gasteiger partial charge in [0.15, 0.2) is 5.82 Å². The molecular weight excluding hydrogens is 232 g/mol. The average molecular weight is 246 g/mol. The first-order valence-corrected chi connectivity index (χ1v) is 5.56. The van der Waals surface area contributed by atoms with Crippen molar-refractivity contribution in [2.24, 2.45) is 0 Å². The van der Waals surface area contributed by atoms with E-state index in [4.69, 9.17) is 5.73 Å². The lowest BCUT2D eigenvalue weighted by molar-refractivity contribution is -0.121. The predicted molar refractivity (Wildman–Crippen MR) is 65.4 cm³/mol. The molecule has 2 aromatic rings. The zero-order valence-corrected chi connectivity index (χ0v) is 9.78. The van der Waals surface area contributed by atoms with Crippen molar-refractivity contribution in [3.05, 3.63) is 36.3 Å². The van der Waals surface area contributed by atoms with Gasteiger partial charge in [0.25, 0.3) is 0 Å². The third kappa shape index (κ3) is 3.55. The van der Waals surface area contributed by atoms with Crippen LogP contribution in [0.5, 0.6) is 0 Å². The minimum Gasteiger partial charge on any atom is -0.381 e. The lowest BCUT2D eigenvalue weighted by Crippen LogP contribution is -2.29. The Hall–Kier alpha value is -2.44. The molecule has 0 atom stereocenters. The molecule has 0 saturated carbocycles. The Bertz CT molecular complexity index is 509. The number of nitrogens with zero attached hydrogens (tertiary/aromatic N) is 4. The minimum atomic E-state index is -0.129. The van der Waals surface area contributed by atoms with Gasteiger partial charge in [-0.15, -0.1) is 5.10 Å². The van der Waals surface area contributed by atoms with E-state index in [0.717, 1.165) is 5.69 Å². The zero-order chi connectivity index (χ0) is 12.8. The average Bonchev–Trinajstić information content (AvgIpc) is 2.76. The molecule has 0 spiro atoms. The van der Waals surface area contributed by atoms with Gasteiger partial charge < -0.3 is 11.1 Å². The Kier molecular flexibility index (Phi) is 3.85. The Labute approximate surface area is 104 Å². The summed E-state index contributed by atoms with van der Waals surface area (Å²) >= 11 is 0. The van der Waals surface area contributed by atoms with E-state index in [2.05, 4.69) is 20.6 Å². The van der Waals surface area contributed by atoms with Gasteiger partial charge in [-0.2, -0.15) is 0 Å². The number of nitrogens with one attached hydrogen (secondary N) is 1. The quantitative estimate of drug-likeness (QED) is 0.749. The molecule has 94 valence electrons. The van der Waals surface area contributed by atoms with E-state index in [1.54, 1.807) is 6.20 Å². The largest absolute Gasteiger partial charge is 0.381 e. The maximum Gasteiger partial charge on any atom is 0.241 e. The second-order valence-electron chi connectivity index (χ2n) is 3.76. The molecule has 7 heteroatoms. The summed E-state index contributed by atoms with van der Waals surface area (Å²) in [5.74, 6) is 0.173. The number of aromatic nitrogens is 4. The van der Waals surface area contributed by atoms with Gasteiger partial charge in [0.2, 0.25) is 5.91 Å². The van der Waals surface area contributed by atoms with Crippen LogP contribution in [-0.4, -0.2) is 32.4 Å². The van der Waals surface area contributed by atoms with Crippen molar-refractivity contribution in [3.8, 4) is 0 Å². The van der Waals surface area contributed by atoms with Crippen molar-refractivity contribution in [2.75, 3.05) is 12.3 Å². The van der Waals surface area contributed by atoms with Crippen molar-refractivity contribution < 1.29 is 4.79 Å². The highest BCUT2D eigenvalue weighted by Gasteiger charge is 2.04. The normalized spacial score (nSPS) is 10.2. The summed E-state index contributed by atoms with van der Waals surface area (Å²) < 4.78 is 1.39. The summed E-state index contributed by atoms with van der Waals surface area (Å²) in [5.41, 5.74) is 6.34. The van der Waals surface area contributed by atoms with Gasteiger partial charge in [-0.1, -0.05) is 11.3 Å². The molecule has 0 radical (unpaired) electrons. The number of pyridine rings is 1. The molecule has 0 unspecified atom stereocenters. The number of carbonyl (C=O) groups is 1. The Morgan fingerprint density at radius 1 is 1.44 bits per heavy atom. The van der Waals surface area contributed by atoms with E-state index in [1.807, 2.05) is 18.2 Å². The van der Waals surface area contributed by atoms with Gasteiger partial charge in [-0.05, 0) is 12.1 Å². The summed E-state index contributed by atoms with van der Waals surface area (Å²) in [5, 5.41) is 10.1. The summed E-state index contributed by atoms with van der Waals surface area (Å²) in [6, 6.07) is 5.70. The number of anilines is 1. The van der Waals surface area contributed by atoms with Gasteiger partial charge in [0, 0.05) is 24.9 Å². The molecule has 3 N–H and O–H groups in total. The lowest BCUT2D eigenvalue weighted by atomic mass is 10.3.